The molecule has 128 valence electrons. The molecular weight excluding hydrogens is 306 g/mol. The molecule has 0 heterocycles. The minimum absolute atomic E-state index is 0.553. The van der Waals surface area contributed by atoms with Gasteiger partial charge in [-0.1, -0.05) is 12.1 Å². The van der Waals surface area contributed by atoms with Crippen LogP contribution in [0.25, 0.3) is 5.57 Å². The van der Waals surface area contributed by atoms with Crippen molar-refractivity contribution in [3.8, 4) is 23.0 Å². The summed E-state index contributed by atoms with van der Waals surface area (Å²) >= 11 is 0. The van der Waals surface area contributed by atoms with E-state index in [4.69, 9.17) is 24.7 Å². The molecule has 2 rings (SSSR count). The lowest BCUT2D eigenvalue weighted by Crippen LogP contribution is -1.99. The van der Waals surface area contributed by atoms with Crippen LogP contribution in [0.5, 0.6) is 23.0 Å². The maximum atomic E-state index is 5.89. The van der Waals surface area contributed by atoms with Crippen LogP contribution in [-0.2, 0) is 0 Å². The Labute approximate surface area is 142 Å². The van der Waals surface area contributed by atoms with Crippen LogP contribution in [0.3, 0.4) is 0 Å². The van der Waals surface area contributed by atoms with Crippen LogP contribution in [0.4, 0.5) is 0 Å². The summed E-state index contributed by atoms with van der Waals surface area (Å²) in [5, 5.41) is 0. The smallest absolute Gasteiger partial charge is 0.161 e. The van der Waals surface area contributed by atoms with Gasteiger partial charge in [0.15, 0.2) is 23.0 Å². The summed E-state index contributed by atoms with van der Waals surface area (Å²) in [6.07, 6.45) is 1.57. The third kappa shape index (κ3) is 3.56. The number of benzene rings is 2. The minimum Gasteiger partial charge on any atom is -0.493 e. The van der Waals surface area contributed by atoms with Gasteiger partial charge in [-0.25, -0.2) is 0 Å². The van der Waals surface area contributed by atoms with Crippen LogP contribution in [0.15, 0.2) is 42.6 Å². The van der Waals surface area contributed by atoms with E-state index in [1.807, 2.05) is 43.3 Å². The van der Waals surface area contributed by atoms with Crippen LogP contribution in [-0.4, -0.2) is 27.9 Å². The number of hydrogen-bond donors (Lipinski definition) is 1. The van der Waals surface area contributed by atoms with Gasteiger partial charge >= 0.3 is 0 Å². The van der Waals surface area contributed by atoms with Crippen molar-refractivity contribution >= 4 is 5.57 Å². The van der Waals surface area contributed by atoms with Crippen LogP contribution in [0.2, 0.25) is 0 Å². The van der Waals surface area contributed by atoms with Crippen LogP contribution < -0.4 is 24.7 Å². The summed E-state index contributed by atoms with van der Waals surface area (Å²) in [5.74, 6) is 2.68. The molecule has 5 heteroatoms. The monoisotopic (exact) mass is 329 g/mol. The lowest BCUT2D eigenvalue weighted by atomic mass is 9.98. The summed E-state index contributed by atoms with van der Waals surface area (Å²) in [7, 11) is 4.83. The van der Waals surface area contributed by atoms with Crippen molar-refractivity contribution in [2.75, 3.05) is 27.9 Å². The molecule has 0 saturated carbocycles. The van der Waals surface area contributed by atoms with Crippen molar-refractivity contribution in [1.29, 1.82) is 0 Å². The highest BCUT2D eigenvalue weighted by Gasteiger charge is 2.12. The predicted octanol–water partition coefficient (Wildman–Crippen LogP) is 3.46. The van der Waals surface area contributed by atoms with E-state index in [1.165, 1.54) is 0 Å². The van der Waals surface area contributed by atoms with Gasteiger partial charge in [0.1, 0.15) is 0 Å². The quantitative estimate of drug-likeness (QED) is 0.843. The molecule has 2 N–H and O–H groups in total. The fraction of sp³-hybridized carbons (Fsp3) is 0.263. The van der Waals surface area contributed by atoms with Crippen molar-refractivity contribution < 1.29 is 18.9 Å². The Balaban J connectivity index is 2.47. The fourth-order valence-electron chi connectivity index (χ4n) is 2.48. The summed E-state index contributed by atoms with van der Waals surface area (Å²) in [6.45, 7) is 2.48. The molecule has 0 aliphatic heterocycles. The third-order valence-corrected chi connectivity index (χ3v) is 3.64. The minimum atomic E-state index is 0.553. The van der Waals surface area contributed by atoms with E-state index < -0.39 is 0 Å². The van der Waals surface area contributed by atoms with E-state index >= 15 is 0 Å². The van der Waals surface area contributed by atoms with E-state index in [0.29, 0.717) is 29.6 Å². The van der Waals surface area contributed by atoms with Gasteiger partial charge in [-0.15, -0.1) is 0 Å². The highest BCUT2D eigenvalue weighted by Crippen LogP contribution is 2.35. The number of hydrogen-bond acceptors (Lipinski definition) is 5. The molecule has 0 spiro atoms. The van der Waals surface area contributed by atoms with Gasteiger partial charge in [-0.3, -0.25) is 0 Å². The molecule has 0 bridgehead atoms. The average Bonchev–Trinajstić information content (AvgIpc) is 2.62. The first-order chi connectivity index (χ1) is 11.7. The Morgan fingerprint density at radius 1 is 0.833 bits per heavy atom. The van der Waals surface area contributed by atoms with Crippen LogP contribution in [0.1, 0.15) is 18.1 Å². The number of nitrogens with two attached hydrogens (primary N) is 1. The summed E-state index contributed by atoms with van der Waals surface area (Å²) in [4.78, 5) is 0. The molecule has 0 aliphatic carbocycles. The normalized spacial score (nSPS) is 11.1. The van der Waals surface area contributed by atoms with E-state index in [1.54, 1.807) is 27.5 Å². The second kappa shape index (κ2) is 8.15. The van der Waals surface area contributed by atoms with E-state index in [0.717, 1.165) is 16.7 Å². The zero-order chi connectivity index (χ0) is 17.5. The number of rotatable bonds is 7. The molecule has 0 amide bonds. The van der Waals surface area contributed by atoms with Gasteiger partial charge in [0.2, 0.25) is 0 Å². The number of methoxy groups -OCH3 is 3. The van der Waals surface area contributed by atoms with E-state index in [2.05, 4.69) is 0 Å². The first-order valence-electron chi connectivity index (χ1n) is 7.64. The predicted molar refractivity (Wildman–Crippen MR) is 95.0 cm³/mol. The zero-order valence-electron chi connectivity index (χ0n) is 14.5. The van der Waals surface area contributed by atoms with Gasteiger partial charge in [0.05, 0.1) is 27.9 Å². The van der Waals surface area contributed by atoms with Crippen molar-refractivity contribution in [2.45, 2.75) is 6.92 Å². The summed E-state index contributed by atoms with van der Waals surface area (Å²) in [6, 6.07) is 11.4. The molecule has 0 radical (unpaired) electrons. The third-order valence-electron chi connectivity index (χ3n) is 3.64. The first-order valence-corrected chi connectivity index (χ1v) is 7.64. The van der Waals surface area contributed by atoms with Crippen molar-refractivity contribution in [3.63, 3.8) is 0 Å². The number of ether oxygens (including phenoxy) is 4. The summed E-state index contributed by atoms with van der Waals surface area (Å²) < 4.78 is 21.6. The topological polar surface area (TPSA) is 62.9 Å². The van der Waals surface area contributed by atoms with Gasteiger partial charge in [-0.2, -0.15) is 0 Å². The van der Waals surface area contributed by atoms with Gasteiger partial charge in [0, 0.05) is 11.8 Å². The molecule has 0 unspecified atom stereocenters. The molecule has 5 nitrogen and oxygen atoms in total. The Morgan fingerprint density at radius 2 is 1.33 bits per heavy atom. The van der Waals surface area contributed by atoms with Gasteiger partial charge < -0.3 is 24.7 Å². The molecule has 0 aromatic heterocycles. The largest absolute Gasteiger partial charge is 0.493 e. The first kappa shape index (κ1) is 17.5. The van der Waals surface area contributed by atoms with Crippen molar-refractivity contribution in [2.24, 2.45) is 5.73 Å². The lowest BCUT2D eigenvalue weighted by molar-refractivity contribution is 0.311. The molecule has 24 heavy (non-hydrogen) atoms. The molecule has 2 aromatic carbocycles. The van der Waals surface area contributed by atoms with Crippen LogP contribution in [0, 0.1) is 0 Å². The Morgan fingerprint density at radius 3 is 1.79 bits per heavy atom. The van der Waals surface area contributed by atoms with Crippen LogP contribution >= 0.6 is 0 Å². The molecule has 0 aliphatic rings. The van der Waals surface area contributed by atoms with Gasteiger partial charge in [-0.05, 0) is 42.3 Å². The maximum Gasteiger partial charge on any atom is 0.161 e. The fourth-order valence-corrected chi connectivity index (χ4v) is 2.48. The van der Waals surface area contributed by atoms with Crippen molar-refractivity contribution in [1.82, 2.24) is 0 Å². The van der Waals surface area contributed by atoms with E-state index in [-0.39, 0.29) is 0 Å². The zero-order valence-corrected chi connectivity index (χ0v) is 14.5. The second-order valence-electron chi connectivity index (χ2n) is 4.95. The Bertz CT molecular complexity index is 725. The Hall–Kier alpha value is -2.82. The summed E-state index contributed by atoms with van der Waals surface area (Å²) in [5.41, 5.74) is 8.59. The average molecular weight is 329 g/mol. The highest BCUT2D eigenvalue weighted by molar-refractivity contribution is 5.81. The maximum absolute atomic E-state index is 5.89. The molecule has 2 aromatic rings. The molecule has 0 saturated heterocycles. The molecule has 0 fully saturated rings. The van der Waals surface area contributed by atoms with E-state index in [9.17, 15) is 0 Å². The second-order valence-corrected chi connectivity index (χ2v) is 4.95. The van der Waals surface area contributed by atoms with Crippen molar-refractivity contribution in [3.05, 3.63) is 53.7 Å². The standard InChI is InChI=1S/C19H23NO4/c1-5-24-19-11-14(7-9-17(19)22-3)15(12-20)13-6-8-16(21-2)18(10-13)23-4/h6-12H,5,20H2,1-4H3. The highest BCUT2D eigenvalue weighted by atomic mass is 16.5. The SMILES string of the molecule is CCOc1cc(C(=CN)c2ccc(OC)c(OC)c2)ccc1OC. The Kier molecular flexibility index (Phi) is 5.95. The molecular formula is C19H23NO4. The molecule has 0 atom stereocenters. The lowest BCUT2D eigenvalue weighted by Gasteiger charge is -2.14. The van der Waals surface area contributed by atoms with Gasteiger partial charge in [0.25, 0.3) is 0 Å².